The molecule has 3 heterocycles. The zero-order chi connectivity index (χ0) is 15.7. The van der Waals surface area contributed by atoms with E-state index in [0.717, 1.165) is 5.69 Å². The molecule has 1 atom stereocenters. The highest BCUT2D eigenvalue weighted by molar-refractivity contribution is 7.16. The molecule has 0 saturated heterocycles. The summed E-state index contributed by atoms with van der Waals surface area (Å²) in [5.41, 5.74) is 0.498. The second kappa shape index (κ2) is 5.79. The maximum atomic E-state index is 12.3. The van der Waals surface area contributed by atoms with Gasteiger partial charge in [0.2, 0.25) is 0 Å². The lowest BCUT2D eigenvalue weighted by Crippen LogP contribution is -2.26. The average molecular weight is 330 g/mol. The minimum atomic E-state index is -0.955. The highest BCUT2D eigenvalue weighted by Crippen LogP contribution is 2.21. The molecule has 3 aromatic rings. The third-order valence-corrected chi connectivity index (χ3v) is 4.96. The van der Waals surface area contributed by atoms with Gasteiger partial charge in [-0.05, 0) is 18.4 Å². The van der Waals surface area contributed by atoms with Gasteiger partial charge in [0.15, 0.2) is 11.7 Å². The second-order valence-corrected chi connectivity index (χ2v) is 6.46. The van der Waals surface area contributed by atoms with Gasteiger partial charge in [0.05, 0.1) is 24.3 Å². The van der Waals surface area contributed by atoms with Crippen molar-refractivity contribution in [3.63, 3.8) is 0 Å². The molecule has 0 amide bonds. The van der Waals surface area contributed by atoms with Crippen LogP contribution in [0, 0.1) is 18.3 Å². The predicted octanol–water partition coefficient (Wildman–Crippen LogP) is 2.10. The molecular formula is C14H10N4O2S2. The molecule has 0 spiro atoms. The van der Waals surface area contributed by atoms with Crippen LogP contribution in [0.4, 0.5) is 0 Å². The largest absolute Gasteiger partial charge is 0.296 e. The van der Waals surface area contributed by atoms with Gasteiger partial charge in [-0.1, -0.05) is 0 Å². The highest BCUT2D eigenvalue weighted by Gasteiger charge is 2.24. The molecule has 0 radical (unpaired) electrons. The van der Waals surface area contributed by atoms with Crippen LogP contribution in [0.5, 0.6) is 0 Å². The van der Waals surface area contributed by atoms with E-state index in [1.165, 1.54) is 33.6 Å². The molecule has 3 aromatic heterocycles. The summed E-state index contributed by atoms with van der Waals surface area (Å²) in [5.74, 6) is -1.32. The Labute approximate surface area is 133 Å². The first-order chi connectivity index (χ1) is 10.6. The number of thiazole rings is 1. The number of aryl methyl sites for hydroxylation is 1. The fourth-order valence-electron chi connectivity index (χ4n) is 2.03. The maximum absolute atomic E-state index is 12.3. The van der Waals surface area contributed by atoms with Gasteiger partial charge < -0.3 is 0 Å². The number of Topliss-reactive ketones (excluding diaryl/α,β-unsaturated/α-hetero) is 1. The minimum Gasteiger partial charge on any atom is -0.296 e. The van der Waals surface area contributed by atoms with Crippen LogP contribution in [-0.4, -0.2) is 20.3 Å². The van der Waals surface area contributed by atoms with Crippen molar-refractivity contribution in [1.82, 2.24) is 14.5 Å². The van der Waals surface area contributed by atoms with Crippen LogP contribution in [0.3, 0.4) is 0 Å². The van der Waals surface area contributed by atoms with Gasteiger partial charge >= 0.3 is 0 Å². The van der Waals surface area contributed by atoms with E-state index >= 15 is 0 Å². The molecule has 110 valence electrons. The van der Waals surface area contributed by atoms with Gasteiger partial charge in [0.1, 0.15) is 9.84 Å². The van der Waals surface area contributed by atoms with Gasteiger partial charge in [-0.3, -0.25) is 14.2 Å². The van der Waals surface area contributed by atoms with Crippen LogP contribution in [0.15, 0.2) is 27.9 Å². The quantitative estimate of drug-likeness (QED) is 0.731. The van der Waals surface area contributed by atoms with Crippen molar-refractivity contribution in [3.8, 4) is 6.07 Å². The Bertz CT molecular complexity index is 948. The SMILES string of the molecule is Cc1csc(C(C#N)C(=O)Cn2cnc3sccc3c2=O)n1. The number of nitrogens with zero attached hydrogens (tertiary/aromatic N) is 4. The summed E-state index contributed by atoms with van der Waals surface area (Å²) < 4.78 is 1.24. The van der Waals surface area contributed by atoms with Crippen LogP contribution >= 0.6 is 22.7 Å². The molecule has 8 heteroatoms. The molecule has 6 nitrogen and oxygen atoms in total. The molecular weight excluding hydrogens is 320 g/mol. The van der Waals surface area contributed by atoms with Crippen molar-refractivity contribution in [1.29, 1.82) is 5.26 Å². The normalized spacial score (nSPS) is 12.2. The van der Waals surface area contributed by atoms with E-state index in [9.17, 15) is 14.9 Å². The number of rotatable bonds is 4. The molecule has 3 rings (SSSR count). The Morgan fingerprint density at radius 1 is 1.50 bits per heavy atom. The molecule has 0 saturated carbocycles. The molecule has 0 aliphatic rings. The fraction of sp³-hybridized carbons (Fsp3) is 0.214. The van der Waals surface area contributed by atoms with Gasteiger partial charge in [-0.25, -0.2) is 9.97 Å². The number of fused-ring (bicyclic) bond motifs is 1. The number of aromatic nitrogens is 3. The summed E-state index contributed by atoms with van der Waals surface area (Å²) in [4.78, 5) is 33.6. The maximum Gasteiger partial charge on any atom is 0.262 e. The zero-order valence-corrected chi connectivity index (χ0v) is 13.1. The molecule has 0 bridgehead atoms. The van der Waals surface area contributed by atoms with Crippen molar-refractivity contribution in [3.05, 3.63) is 44.2 Å². The van der Waals surface area contributed by atoms with Crippen molar-refractivity contribution in [2.75, 3.05) is 0 Å². The average Bonchev–Trinajstić information content (AvgIpc) is 3.12. The number of carbonyl (C=O) groups excluding carboxylic acids is 1. The van der Waals surface area contributed by atoms with Gasteiger partial charge in [0, 0.05) is 11.1 Å². The van der Waals surface area contributed by atoms with E-state index in [1.54, 1.807) is 23.8 Å². The van der Waals surface area contributed by atoms with Gasteiger partial charge in [-0.15, -0.1) is 22.7 Å². The molecule has 0 fully saturated rings. The van der Waals surface area contributed by atoms with Crippen molar-refractivity contribution in [2.45, 2.75) is 19.4 Å². The van der Waals surface area contributed by atoms with E-state index in [4.69, 9.17) is 0 Å². The first-order valence-electron chi connectivity index (χ1n) is 6.37. The van der Waals surface area contributed by atoms with Crippen molar-refractivity contribution >= 4 is 38.7 Å². The smallest absolute Gasteiger partial charge is 0.262 e. The van der Waals surface area contributed by atoms with E-state index in [2.05, 4.69) is 9.97 Å². The van der Waals surface area contributed by atoms with Crippen molar-refractivity contribution < 1.29 is 4.79 Å². The predicted molar refractivity (Wildman–Crippen MR) is 84.1 cm³/mol. The topological polar surface area (TPSA) is 88.6 Å². The summed E-state index contributed by atoms with van der Waals surface area (Å²) in [7, 11) is 0. The number of thiophene rings is 1. The highest BCUT2D eigenvalue weighted by atomic mass is 32.1. The number of hydrogen-bond donors (Lipinski definition) is 0. The molecule has 1 unspecified atom stereocenters. The Kier molecular flexibility index (Phi) is 3.83. The van der Waals surface area contributed by atoms with Crippen molar-refractivity contribution in [2.24, 2.45) is 0 Å². The van der Waals surface area contributed by atoms with Crippen LogP contribution in [0.25, 0.3) is 10.2 Å². The Morgan fingerprint density at radius 2 is 2.32 bits per heavy atom. The molecule has 0 aliphatic heterocycles. The molecule has 0 aliphatic carbocycles. The zero-order valence-electron chi connectivity index (χ0n) is 11.5. The van der Waals surface area contributed by atoms with E-state index in [-0.39, 0.29) is 17.9 Å². The second-order valence-electron chi connectivity index (χ2n) is 4.67. The van der Waals surface area contributed by atoms with Crippen LogP contribution < -0.4 is 5.56 Å². The number of nitriles is 1. The first-order valence-corrected chi connectivity index (χ1v) is 8.13. The van der Waals surface area contributed by atoms with Gasteiger partial charge in [-0.2, -0.15) is 5.26 Å². The summed E-state index contributed by atoms with van der Waals surface area (Å²) in [6.45, 7) is 1.62. The number of hydrogen-bond acceptors (Lipinski definition) is 7. The minimum absolute atomic E-state index is 0.186. The summed E-state index contributed by atoms with van der Waals surface area (Å²) in [6.07, 6.45) is 1.35. The molecule has 0 N–H and O–H groups in total. The lowest BCUT2D eigenvalue weighted by molar-refractivity contribution is -0.120. The third kappa shape index (κ3) is 2.56. The van der Waals surface area contributed by atoms with Gasteiger partial charge in [0.25, 0.3) is 5.56 Å². The van der Waals surface area contributed by atoms with E-state index in [1.807, 2.05) is 6.07 Å². The third-order valence-electron chi connectivity index (χ3n) is 3.11. The summed E-state index contributed by atoms with van der Waals surface area (Å²) >= 11 is 2.64. The Balaban J connectivity index is 1.90. The lowest BCUT2D eigenvalue weighted by Gasteiger charge is -2.07. The molecule has 22 heavy (non-hydrogen) atoms. The van der Waals surface area contributed by atoms with Crippen LogP contribution in [0.1, 0.15) is 16.6 Å². The summed E-state index contributed by atoms with van der Waals surface area (Å²) in [6, 6.07) is 3.65. The summed E-state index contributed by atoms with van der Waals surface area (Å²) in [5, 5.41) is 13.8. The Morgan fingerprint density at radius 3 is 3.00 bits per heavy atom. The van der Waals surface area contributed by atoms with Crippen LogP contribution in [-0.2, 0) is 11.3 Å². The number of carbonyl (C=O) groups is 1. The molecule has 0 aromatic carbocycles. The van der Waals surface area contributed by atoms with Crippen LogP contribution in [0.2, 0.25) is 0 Å². The standard InChI is InChI=1S/C14H10N4O2S2/c1-8-6-22-13(17-8)10(4-15)11(19)5-18-7-16-12-9(14(18)20)2-3-21-12/h2-3,6-7,10H,5H2,1H3. The fourth-order valence-corrected chi connectivity index (χ4v) is 3.62. The monoisotopic (exact) mass is 330 g/mol. The van der Waals surface area contributed by atoms with E-state index in [0.29, 0.717) is 15.2 Å². The number of ketones is 1. The Hall–Kier alpha value is -2.37. The van der Waals surface area contributed by atoms with E-state index < -0.39 is 5.92 Å². The first kappa shape index (κ1) is 14.6. The lowest BCUT2D eigenvalue weighted by atomic mass is 10.1.